The summed E-state index contributed by atoms with van der Waals surface area (Å²) in [6.07, 6.45) is -5.91. The van der Waals surface area contributed by atoms with Gasteiger partial charge in [0.25, 0.3) is 0 Å². The van der Waals surface area contributed by atoms with Crippen LogP contribution in [0.4, 0.5) is 13.2 Å². The van der Waals surface area contributed by atoms with Gasteiger partial charge in [0.2, 0.25) is 5.91 Å². The van der Waals surface area contributed by atoms with Gasteiger partial charge in [-0.1, -0.05) is 0 Å². The Morgan fingerprint density at radius 3 is 2.62 bits per heavy atom. The summed E-state index contributed by atoms with van der Waals surface area (Å²) in [5.74, 6) is -2.43. The van der Waals surface area contributed by atoms with Crippen molar-refractivity contribution < 1.29 is 32.6 Å². The van der Waals surface area contributed by atoms with Gasteiger partial charge in [-0.3, -0.25) is 9.59 Å². The fourth-order valence-electron chi connectivity index (χ4n) is 2.62. The van der Waals surface area contributed by atoms with E-state index >= 15 is 0 Å². The van der Waals surface area contributed by atoms with Gasteiger partial charge in [-0.15, -0.1) is 0 Å². The van der Waals surface area contributed by atoms with Gasteiger partial charge < -0.3 is 20.1 Å². The zero-order valence-corrected chi connectivity index (χ0v) is 11.3. The van der Waals surface area contributed by atoms with Crippen LogP contribution in [0.3, 0.4) is 0 Å². The summed E-state index contributed by atoms with van der Waals surface area (Å²) in [5, 5.41) is 11.9. The van der Waals surface area contributed by atoms with Gasteiger partial charge in [-0.2, -0.15) is 13.2 Å². The molecule has 0 aromatic carbocycles. The summed E-state index contributed by atoms with van der Waals surface area (Å²) >= 11 is 0. The minimum atomic E-state index is -4.88. The number of amides is 1. The van der Waals surface area contributed by atoms with Crippen LogP contribution in [0.2, 0.25) is 0 Å². The van der Waals surface area contributed by atoms with E-state index in [1.165, 1.54) is 0 Å². The SMILES string of the molecule is O=C(CC1CNCCO1)N1CCC(C(=O)O)(C(F)(F)F)C1. The van der Waals surface area contributed by atoms with Gasteiger partial charge in [-0.25, -0.2) is 0 Å². The third kappa shape index (κ3) is 3.13. The van der Waals surface area contributed by atoms with E-state index in [1.807, 2.05) is 0 Å². The molecule has 2 saturated heterocycles. The number of carbonyl (C=O) groups excluding carboxylic acids is 1. The second-order valence-electron chi connectivity index (χ2n) is 5.35. The Balaban J connectivity index is 2.00. The first-order valence-corrected chi connectivity index (χ1v) is 6.66. The van der Waals surface area contributed by atoms with Crippen molar-refractivity contribution in [3.8, 4) is 0 Å². The van der Waals surface area contributed by atoms with Gasteiger partial charge >= 0.3 is 12.1 Å². The number of carboxylic acid groups (broad SMARTS) is 1. The molecule has 21 heavy (non-hydrogen) atoms. The lowest BCUT2D eigenvalue weighted by molar-refractivity contribution is -0.227. The summed E-state index contributed by atoms with van der Waals surface area (Å²) < 4.78 is 44.4. The molecule has 2 atom stereocenters. The number of rotatable bonds is 3. The monoisotopic (exact) mass is 310 g/mol. The lowest BCUT2D eigenvalue weighted by Gasteiger charge is -2.28. The van der Waals surface area contributed by atoms with Crippen molar-refractivity contribution >= 4 is 11.9 Å². The van der Waals surface area contributed by atoms with E-state index < -0.39 is 36.4 Å². The summed E-state index contributed by atoms with van der Waals surface area (Å²) in [6, 6.07) is 0. The predicted octanol–water partition coefficient (Wildman–Crippen LogP) is 0.230. The number of ether oxygens (including phenoxy) is 1. The lowest BCUT2D eigenvalue weighted by Crippen LogP contribution is -2.48. The van der Waals surface area contributed by atoms with E-state index in [0.29, 0.717) is 19.7 Å². The Labute approximate surface area is 119 Å². The molecule has 0 spiro atoms. The van der Waals surface area contributed by atoms with E-state index in [9.17, 15) is 22.8 Å². The van der Waals surface area contributed by atoms with E-state index in [4.69, 9.17) is 9.84 Å². The van der Waals surface area contributed by atoms with Crippen LogP contribution < -0.4 is 5.32 Å². The molecule has 1 amide bonds. The molecule has 2 aliphatic rings. The van der Waals surface area contributed by atoms with Crippen LogP contribution in [-0.4, -0.2) is 66.9 Å². The van der Waals surface area contributed by atoms with E-state index in [2.05, 4.69) is 5.32 Å². The van der Waals surface area contributed by atoms with Crippen molar-refractivity contribution in [3.63, 3.8) is 0 Å². The molecule has 6 nitrogen and oxygen atoms in total. The minimum absolute atomic E-state index is 0.0411. The standard InChI is InChI=1S/C12H17F3N2O4/c13-12(14,15)11(10(19)20)1-3-17(7-11)9(18)5-8-6-16-2-4-21-8/h8,16H,1-7H2,(H,19,20). The normalized spacial score (nSPS) is 30.4. The first-order valence-electron chi connectivity index (χ1n) is 6.66. The van der Waals surface area contributed by atoms with Gasteiger partial charge in [0.1, 0.15) is 0 Å². The molecule has 0 aromatic rings. The Morgan fingerprint density at radius 2 is 2.14 bits per heavy atom. The first kappa shape index (κ1) is 16.0. The maximum atomic E-state index is 13.0. The summed E-state index contributed by atoms with van der Waals surface area (Å²) in [4.78, 5) is 24.0. The van der Waals surface area contributed by atoms with Gasteiger partial charge in [0.15, 0.2) is 5.41 Å². The molecular weight excluding hydrogens is 293 g/mol. The zero-order chi connectivity index (χ0) is 15.7. The van der Waals surface area contributed by atoms with Gasteiger partial charge in [0.05, 0.1) is 19.1 Å². The number of alkyl halides is 3. The molecule has 2 aliphatic heterocycles. The van der Waals surface area contributed by atoms with Crippen LogP contribution in [-0.2, 0) is 14.3 Å². The molecule has 0 bridgehead atoms. The molecule has 0 saturated carbocycles. The quantitative estimate of drug-likeness (QED) is 0.780. The highest BCUT2D eigenvalue weighted by Gasteiger charge is 2.64. The van der Waals surface area contributed by atoms with Crippen LogP contribution in [0.5, 0.6) is 0 Å². The van der Waals surface area contributed by atoms with E-state index in [0.717, 1.165) is 4.90 Å². The molecule has 120 valence electrons. The van der Waals surface area contributed by atoms with Crippen LogP contribution in [0.15, 0.2) is 0 Å². The molecule has 9 heteroatoms. The molecule has 2 fully saturated rings. The van der Waals surface area contributed by atoms with Crippen LogP contribution in [0, 0.1) is 5.41 Å². The maximum absolute atomic E-state index is 13.0. The smallest absolute Gasteiger partial charge is 0.406 e. The Bertz CT molecular complexity index is 423. The number of halogens is 3. The topological polar surface area (TPSA) is 78.9 Å². The largest absolute Gasteiger partial charge is 0.481 e. The summed E-state index contributed by atoms with van der Waals surface area (Å²) in [7, 11) is 0. The molecule has 0 aliphatic carbocycles. The van der Waals surface area contributed by atoms with Gasteiger partial charge in [-0.05, 0) is 6.42 Å². The third-order valence-corrected chi connectivity index (χ3v) is 3.98. The zero-order valence-electron chi connectivity index (χ0n) is 11.3. The number of likely N-dealkylation sites (tertiary alicyclic amines) is 1. The van der Waals surface area contributed by atoms with Crippen molar-refractivity contribution in [2.24, 2.45) is 5.41 Å². The number of nitrogens with zero attached hydrogens (tertiary/aromatic N) is 1. The van der Waals surface area contributed by atoms with Crippen molar-refractivity contribution in [1.82, 2.24) is 10.2 Å². The molecule has 2 rings (SSSR count). The summed E-state index contributed by atoms with van der Waals surface area (Å²) in [5.41, 5.74) is -2.85. The van der Waals surface area contributed by atoms with Crippen LogP contribution in [0.25, 0.3) is 0 Å². The number of morpholine rings is 1. The molecule has 2 unspecified atom stereocenters. The fraction of sp³-hybridized carbons (Fsp3) is 0.833. The highest BCUT2D eigenvalue weighted by Crippen LogP contribution is 2.45. The number of hydrogen-bond acceptors (Lipinski definition) is 4. The molecule has 2 N–H and O–H groups in total. The van der Waals surface area contributed by atoms with Crippen LogP contribution in [0.1, 0.15) is 12.8 Å². The molecule has 0 aromatic heterocycles. The molecular formula is C12H17F3N2O4. The van der Waals surface area contributed by atoms with Crippen molar-refractivity contribution in [1.29, 1.82) is 0 Å². The molecule has 2 heterocycles. The second-order valence-corrected chi connectivity index (χ2v) is 5.35. The van der Waals surface area contributed by atoms with Crippen molar-refractivity contribution in [3.05, 3.63) is 0 Å². The number of carboxylic acids is 1. The van der Waals surface area contributed by atoms with Crippen molar-refractivity contribution in [2.75, 3.05) is 32.8 Å². The number of hydrogen-bond donors (Lipinski definition) is 2. The highest BCUT2D eigenvalue weighted by molar-refractivity contribution is 5.81. The third-order valence-electron chi connectivity index (χ3n) is 3.98. The first-order chi connectivity index (χ1) is 9.76. The minimum Gasteiger partial charge on any atom is -0.481 e. The predicted molar refractivity (Wildman–Crippen MR) is 64.5 cm³/mol. The molecule has 0 radical (unpaired) electrons. The fourth-order valence-corrected chi connectivity index (χ4v) is 2.62. The van der Waals surface area contributed by atoms with E-state index in [1.54, 1.807) is 0 Å². The summed E-state index contributed by atoms with van der Waals surface area (Å²) in [6.45, 7) is 0.544. The average Bonchev–Trinajstić information content (AvgIpc) is 2.86. The second kappa shape index (κ2) is 5.80. The number of nitrogens with one attached hydrogen (secondary N) is 1. The lowest BCUT2D eigenvalue weighted by atomic mass is 9.86. The van der Waals surface area contributed by atoms with E-state index in [-0.39, 0.29) is 19.1 Å². The Hall–Kier alpha value is -1.35. The van der Waals surface area contributed by atoms with Crippen molar-refractivity contribution in [2.45, 2.75) is 25.1 Å². The van der Waals surface area contributed by atoms with Crippen LogP contribution >= 0.6 is 0 Å². The average molecular weight is 310 g/mol. The van der Waals surface area contributed by atoms with Gasteiger partial charge in [0, 0.05) is 26.2 Å². The maximum Gasteiger partial charge on any atom is 0.406 e. The number of carbonyl (C=O) groups is 2. The Morgan fingerprint density at radius 1 is 1.43 bits per heavy atom. The highest BCUT2D eigenvalue weighted by atomic mass is 19.4. The Kier molecular flexibility index (Phi) is 4.43. The number of aliphatic carboxylic acids is 1.